The Kier molecular flexibility index (Phi) is 6.83. The summed E-state index contributed by atoms with van der Waals surface area (Å²) < 4.78 is 4.24. The van der Waals surface area contributed by atoms with Gasteiger partial charge < -0.3 is 10.4 Å². The van der Waals surface area contributed by atoms with E-state index in [1.54, 1.807) is 32.2 Å². The molecule has 12 heteroatoms. The molecule has 0 spiro atoms. The highest BCUT2D eigenvalue weighted by Gasteiger charge is 2.15. The minimum Gasteiger partial charge on any atom is -0.332 e. The molecule has 0 bridgehead atoms. The Morgan fingerprint density at radius 3 is 2.32 bits per heavy atom. The number of nitroso groups, excluding NO2 is 1. The number of nitrogen functional groups attached to an aromatic ring is 1. The molecule has 4 rings (SSSR count). The lowest BCUT2D eigenvalue weighted by Gasteiger charge is -2.14. The van der Waals surface area contributed by atoms with Crippen molar-refractivity contribution in [3.63, 3.8) is 0 Å². The summed E-state index contributed by atoms with van der Waals surface area (Å²) >= 11 is 0. The third-order valence-electron chi connectivity index (χ3n) is 6.13. The molecule has 2 N–H and O–H groups in total. The number of carbonyl (C=O) groups excluding carboxylic acids is 1. The molecular weight excluding hydrogens is 478 g/mol. The highest BCUT2D eigenvalue weighted by Crippen LogP contribution is 2.22. The molecule has 0 aliphatic carbocycles. The van der Waals surface area contributed by atoms with Crippen molar-refractivity contribution >= 4 is 22.5 Å². The molecule has 2 aromatic carbocycles. The molecule has 0 fully saturated rings. The van der Waals surface area contributed by atoms with Crippen LogP contribution in [0.25, 0.3) is 10.9 Å². The number of hydrogen-bond donors (Lipinski definition) is 1. The number of nitrogens with zero attached hydrogens (tertiary/aromatic N) is 6. The first kappa shape index (κ1) is 25.2. The van der Waals surface area contributed by atoms with E-state index in [0.717, 1.165) is 31.3 Å². The van der Waals surface area contributed by atoms with Gasteiger partial charge in [0.25, 0.3) is 11.5 Å². The maximum atomic E-state index is 13.4. The topological polar surface area (TPSA) is 156 Å². The molecule has 0 atom stereocenters. The molecule has 0 unspecified atom stereocenters. The van der Waals surface area contributed by atoms with Crippen LogP contribution in [0, 0.1) is 18.8 Å². The lowest BCUT2D eigenvalue weighted by molar-refractivity contribution is -0.118. The van der Waals surface area contributed by atoms with E-state index in [9.17, 15) is 24.1 Å². The zero-order valence-corrected chi connectivity index (χ0v) is 20.5. The van der Waals surface area contributed by atoms with E-state index in [1.165, 1.54) is 15.2 Å². The number of rotatable bonds is 6. The fourth-order valence-corrected chi connectivity index (χ4v) is 4.03. The normalized spacial score (nSPS) is 11.7. The van der Waals surface area contributed by atoms with E-state index in [0.29, 0.717) is 11.2 Å². The first-order chi connectivity index (χ1) is 17.6. The van der Waals surface area contributed by atoms with Crippen molar-refractivity contribution in [3.8, 4) is 0 Å². The van der Waals surface area contributed by atoms with Crippen molar-refractivity contribution in [1.29, 1.82) is 0 Å². The quantitative estimate of drug-likeness (QED) is 0.305. The van der Waals surface area contributed by atoms with Gasteiger partial charge in [-0.05, 0) is 43.2 Å². The standard InChI is InChI=1S/C25H25N7O5/c1-15-4-6-17(7-5-15)14-31-23(32(26)25(36)30(24(31)35)11-10-21(33)28-37)27-18-8-9-20-19(13-18)16(2)12-22(34)29(20)3/h4-9,12-13H,10-11,14,26H2,1-3H3. The first-order valence-corrected chi connectivity index (χ1v) is 11.4. The average molecular weight is 504 g/mol. The Morgan fingerprint density at radius 1 is 0.946 bits per heavy atom. The smallest absolute Gasteiger partial charge is 0.332 e. The van der Waals surface area contributed by atoms with Gasteiger partial charge in [0.15, 0.2) is 0 Å². The van der Waals surface area contributed by atoms with Crippen LogP contribution in [0.3, 0.4) is 0 Å². The van der Waals surface area contributed by atoms with Crippen molar-refractivity contribution < 1.29 is 4.79 Å². The number of amides is 1. The van der Waals surface area contributed by atoms with Crippen LogP contribution >= 0.6 is 0 Å². The highest BCUT2D eigenvalue weighted by molar-refractivity contribution is 5.85. The number of aromatic nitrogens is 4. The largest absolute Gasteiger partial charge is 0.353 e. The summed E-state index contributed by atoms with van der Waals surface area (Å²) in [6, 6.07) is 14.1. The molecule has 0 saturated carbocycles. The molecule has 0 saturated heterocycles. The van der Waals surface area contributed by atoms with E-state index in [1.807, 2.05) is 31.2 Å². The third kappa shape index (κ3) is 4.94. The van der Waals surface area contributed by atoms with Crippen molar-refractivity contribution in [1.82, 2.24) is 18.4 Å². The molecule has 1 amide bonds. The van der Waals surface area contributed by atoms with Crippen LogP contribution in [-0.4, -0.2) is 24.3 Å². The van der Waals surface area contributed by atoms with E-state index >= 15 is 0 Å². The monoisotopic (exact) mass is 503 g/mol. The predicted octanol–water partition coefficient (Wildman–Crippen LogP) is 0.958. The molecule has 0 aliphatic heterocycles. The molecule has 2 heterocycles. The summed E-state index contributed by atoms with van der Waals surface area (Å²) in [4.78, 5) is 64.9. The molecule has 12 nitrogen and oxygen atoms in total. The van der Waals surface area contributed by atoms with E-state index in [4.69, 9.17) is 5.84 Å². The number of benzene rings is 2. The fourth-order valence-electron chi connectivity index (χ4n) is 4.03. The number of hydrogen-bond acceptors (Lipinski definition) is 7. The van der Waals surface area contributed by atoms with Gasteiger partial charge in [0.2, 0.25) is 5.62 Å². The minimum absolute atomic E-state index is 0.0381. The van der Waals surface area contributed by atoms with Gasteiger partial charge >= 0.3 is 11.4 Å². The Balaban J connectivity index is 1.96. The Morgan fingerprint density at radius 2 is 1.65 bits per heavy atom. The predicted molar refractivity (Wildman–Crippen MR) is 138 cm³/mol. The summed E-state index contributed by atoms with van der Waals surface area (Å²) in [5, 5.41) is 3.08. The maximum Gasteiger partial charge on any atom is 0.353 e. The first-order valence-electron chi connectivity index (χ1n) is 11.4. The average Bonchev–Trinajstić information content (AvgIpc) is 2.88. The highest BCUT2D eigenvalue weighted by atomic mass is 16.3. The minimum atomic E-state index is -0.991. The number of aryl methyl sites for hydroxylation is 3. The number of fused-ring (bicyclic) bond motifs is 1. The third-order valence-corrected chi connectivity index (χ3v) is 6.13. The number of nitrogens with two attached hydrogens (primary N) is 1. The summed E-state index contributed by atoms with van der Waals surface area (Å²) in [6.07, 6.45) is -0.428. The zero-order valence-electron chi connectivity index (χ0n) is 20.5. The lowest BCUT2D eigenvalue weighted by Crippen LogP contribution is -2.57. The van der Waals surface area contributed by atoms with Crippen LogP contribution < -0.4 is 28.4 Å². The van der Waals surface area contributed by atoms with Crippen molar-refractivity contribution in [2.75, 3.05) is 5.84 Å². The van der Waals surface area contributed by atoms with Crippen LogP contribution in [0.2, 0.25) is 0 Å². The molecule has 0 radical (unpaired) electrons. The summed E-state index contributed by atoms with van der Waals surface area (Å²) in [6.45, 7) is 3.41. The van der Waals surface area contributed by atoms with Gasteiger partial charge in [0.05, 0.1) is 24.2 Å². The lowest BCUT2D eigenvalue weighted by atomic mass is 10.1. The second-order valence-electron chi connectivity index (χ2n) is 8.73. The molecular formula is C25H25N7O5. The van der Waals surface area contributed by atoms with Gasteiger partial charge in [-0.3, -0.25) is 14.2 Å². The van der Waals surface area contributed by atoms with Crippen molar-refractivity contribution in [3.05, 3.63) is 107 Å². The number of carbonyl (C=O) groups is 1. The molecule has 37 heavy (non-hydrogen) atoms. The van der Waals surface area contributed by atoms with E-state index in [-0.39, 0.29) is 24.3 Å². The van der Waals surface area contributed by atoms with Gasteiger partial charge in [-0.15, -0.1) is 4.91 Å². The van der Waals surface area contributed by atoms with Crippen molar-refractivity contribution in [2.24, 2.45) is 17.2 Å². The van der Waals surface area contributed by atoms with Crippen LogP contribution in [0.4, 0.5) is 5.69 Å². The summed E-state index contributed by atoms with van der Waals surface area (Å²) in [5.41, 5.74) is 1.73. The molecule has 4 aromatic rings. The summed E-state index contributed by atoms with van der Waals surface area (Å²) in [5.74, 6) is 5.13. The van der Waals surface area contributed by atoms with Gasteiger partial charge in [-0.1, -0.05) is 29.8 Å². The van der Waals surface area contributed by atoms with Crippen LogP contribution in [0.1, 0.15) is 23.1 Å². The Labute approximate surface area is 209 Å². The summed E-state index contributed by atoms with van der Waals surface area (Å²) in [7, 11) is 1.67. The SMILES string of the molecule is Cc1ccc(Cn2c(=Nc3ccc4c(c3)c(C)cc(=O)n4C)n(N)c(=O)n(CCC(=O)N=O)c2=O)cc1. The van der Waals surface area contributed by atoms with Crippen molar-refractivity contribution in [2.45, 2.75) is 33.4 Å². The Bertz CT molecular complexity index is 1790. The van der Waals surface area contributed by atoms with Gasteiger partial charge in [0, 0.05) is 30.2 Å². The number of pyridine rings is 1. The second kappa shape index (κ2) is 10.0. The van der Waals surface area contributed by atoms with E-state index < -0.39 is 23.7 Å². The molecule has 0 aliphatic rings. The van der Waals surface area contributed by atoms with Gasteiger partial charge in [-0.2, -0.15) is 4.68 Å². The molecule has 190 valence electrons. The maximum absolute atomic E-state index is 13.4. The van der Waals surface area contributed by atoms with Gasteiger partial charge in [0.1, 0.15) is 0 Å². The van der Waals surface area contributed by atoms with Crippen LogP contribution in [0.5, 0.6) is 0 Å². The second-order valence-corrected chi connectivity index (χ2v) is 8.73. The zero-order chi connectivity index (χ0) is 26.9. The van der Waals surface area contributed by atoms with E-state index in [2.05, 4.69) is 10.2 Å². The van der Waals surface area contributed by atoms with Gasteiger partial charge in [-0.25, -0.2) is 19.1 Å². The molecule has 2 aromatic heterocycles. The van der Waals surface area contributed by atoms with Crippen LogP contribution in [0.15, 0.2) is 73.1 Å². The fraction of sp³-hybridized carbons (Fsp3) is 0.240. The Hall–Kier alpha value is -4.87. The van der Waals surface area contributed by atoms with Crippen LogP contribution in [-0.2, 0) is 24.9 Å².